The lowest BCUT2D eigenvalue weighted by Crippen LogP contribution is -2.34. The first-order chi connectivity index (χ1) is 10.3. The molecule has 0 spiro atoms. The monoisotopic (exact) mass is 379 g/mol. The number of aromatic nitrogens is 1. The van der Waals surface area contributed by atoms with Crippen molar-refractivity contribution in [3.05, 3.63) is 44.8 Å². The van der Waals surface area contributed by atoms with Gasteiger partial charge in [-0.2, -0.15) is 0 Å². The second-order valence-electron chi connectivity index (χ2n) is 4.79. The van der Waals surface area contributed by atoms with Crippen LogP contribution in [0.1, 0.15) is 10.9 Å². The first-order valence-corrected chi connectivity index (χ1v) is 9.43. The molecule has 0 aromatic carbocycles. The van der Waals surface area contributed by atoms with Crippen LogP contribution in [0.5, 0.6) is 0 Å². The molecule has 0 saturated carbocycles. The van der Waals surface area contributed by atoms with Crippen LogP contribution in [0.3, 0.4) is 0 Å². The molecule has 22 heavy (non-hydrogen) atoms. The topological polar surface area (TPSA) is 62.3 Å². The standard InChI is InChI=1S/C13H15Cl2N3O2S2/c1-18(2)11(12-4-3-5-21-12)8-17-22(19,20)9-6-10(14)13(15)16-7-9/h3-7,11,17H,8H2,1-2H3. The van der Waals surface area contributed by atoms with Crippen LogP contribution in [-0.2, 0) is 10.0 Å². The number of pyridine rings is 1. The Morgan fingerprint density at radius 2 is 2.14 bits per heavy atom. The number of likely N-dealkylation sites (N-methyl/N-ethyl adjacent to an activating group) is 1. The van der Waals surface area contributed by atoms with Crippen LogP contribution in [0, 0.1) is 0 Å². The quantitative estimate of drug-likeness (QED) is 0.783. The number of thiophene rings is 1. The number of hydrogen-bond acceptors (Lipinski definition) is 5. The Morgan fingerprint density at radius 3 is 2.68 bits per heavy atom. The van der Waals surface area contributed by atoms with Gasteiger partial charge in [0, 0.05) is 17.6 Å². The summed E-state index contributed by atoms with van der Waals surface area (Å²) in [4.78, 5) is 6.80. The molecule has 9 heteroatoms. The van der Waals surface area contributed by atoms with Crippen LogP contribution in [0.4, 0.5) is 0 Å². The van der Waals surface area contributed by atoms with E-state index < -0.39 is 10.0 Å². The van der Waals surface area contributed by atoms with Crippen LogP contribution in [0.2, 0.25) is 10.2 Å². The first kappa shape index (κ1) is 17.7. The van der Waals surface area contributed by atoms with Crippen molar-refractivity contribution in [2.45, 2.75) is 10.9 Å². The molecule has 1 unspecified atom stereocenters. The maximum Gasteiger partial charge on any atom is 0.242 e. The molecule has 2 aromatic heterocycles. The summed E-state index contributed by atoms with van der Waals surface area (Å²) >= 11 is 13.1. The molecular formula is C13H15Cl2N3O2S2. The highest BCUT2D eigenvalue weighted by molar-refractivity contribution is 7.89. The average Bonchev–Trinajstić information content (AvgIpc) is 2.95. The van der Waals surface area contributed by atoms with Crippen molar-refractivity contribution in [1.82, 2.24) is 14.6 Å². The molecular weight excluding hydrogens is 365 g/mol. The van der Waals surface area contributed by atoms with Crippen LogP contribution in [-0.4, -0.2) is 38.9 Å². The third-order valence-electron chi connectivity index (χ3n) is 3.04. The lowest BCUT2D eigenvalue weighted by molar-refractivity contribution is 0.303. The van der Waals surface area contributed by atoms with E-state index in [1.807, 2.05) is 36.5 Å². The maximum absolute atomic E-state index is 12.3. The third kappa shape index (κ3) is 4.18. The Morgan fingerprint density at radius 1 is 1.41 bits per heavy atom. The molecule has 1 atom stereocenters. The highest BCUT2D eigenvalue weighted by Crippen LogP contribution is 2.24. The van der Waals surface area contributed by atoms with Gasteiger partial charge in [-0.15, -0.1) is 11.3 Å². The molecule has 120 valence electrons. The van der Waals surface area contributed by atoms with Gasteiger partial charge in [-0.3, -0.25) is 0 Å². The van der Waals surface area contributed by atoms with E-state index in [1.165, 1.54) is 12.3 Å². The summed E-state index contributed by atoms with van der Waals surface area (Å²) in [5.74, 6) is 0. The molecule has 2 rings (SSSR count). The number of rotatable bonds is 6. The number of hydrogen-bond donors (Lipinski definition) is 1. The third-order valence-corrected chi connectivity index (χ3v) is 6.09. The summed E-state index contributed by atoms with van der Waals surface area (Å²) in [6, 6.07) is 5.15. The number of sulfonamides is 1. The lowest BCUT2D eigenvalue weighted by atomic mass is 10.2. The number of halogens is 2. The zero-order chi connectivity index (χ0) is 16.3. The normalized spacial score (nSPS) is 13.5. The zero-order valence-corrected chi connectivity index (χ0v) is 15.1. The predicted molar refractivity (Wildman–Crippen MR) is 90.2 cm³/mol. The fraction of sp³-hybridized carbons (Fsp3) is 0.308. The van der Waals surface area contributed by atoms with Crippen molar-refractivity contribution in [3.63, 3.8) is 0 Å². The van der Waals surface area contributed by atoms with Gasteiger partial charge in [0.25, 0.3) is 0 Å². The van der Waals surface area contributed by atoms with E-state index in [-0.39, 0.29) is 27.7 Å². The average molecular weight is 380 g/mol. The Hall–Kier alpha value is -0.700. The smallest absolute Gasteiger partial charge is 0.242 e. The summed E-state index contributed by atoms with van der Waals surface area (Å²) in [5.41, 5.74) is 0. The van der Waals surface area contributed by atoms with Gasteiger partial charge in [0.2, 0.25) is 10.0 Å². The Bertz CT molecular complexity index is 734. The van der Waals surface area contributed by atoms with Gasteiger partial charge in [-0.1, -0.05) is 29.3 Å². The summed E-state index contributed by atoms with van der Waals surface area (Å²) in [6.07, 6.45) is 1.19. The first-order valence-electron chi connectivity index (χ1n) is 6.32. The van der Waals surface area contributed by atoms with Gasteiger partial charge in [-0.05, 0) is 31.6 Å². The second kappa shape index (κ2) is 7.25. The van der Waals surface area contributed by atoms with E-state index in [9.17, 15) is 8.42 Å². The summed E-state index contributed by atoms with van der Waals surface area (Å²) < 4.78 is 27.2. The highest BCUT2D eigenvalue weighted by atomic mass is 35.5. The fourth-order valence-electron chi connectivity index (χ4n) is 1.84. The minimum atomic E-state index is -3.70. The van der Waals surface area contributed by atoms with Gasteiger partial charge in [-0.25, -0.2) is 18.1 Å². The summed E-state index contributed by atoms with van der Waals surface area (Å²) in [7, 11) is 0.108. The van der Waals surface area contributed by atoms with Crippen molar-refractivity contribution in [2.75, 3.05) is 20.6 Å². The Labute approximate surface area is 143 Å². The molecule has 0 radical (unpaired) electrons. The fourth-order valence-corrected chi connectivity index (χ4v) is 4.11. The predicted octanol–water partition coefficient (Wildman–Crippen LogP) is 3.03. The molecule has 5 nitrogen and oxygen atoms in total. The molecule has 2 aromatic rings. The molecule has 2 heterocycles. The van der Waals surface area contributed by atoms with Crippen LogP contribution < -0.4 is 4.72 Å². The van der Waals surface area contributed by atoms with Gasteiger partial charge >= 0.3 is 0 Å². The summed E-state index contributed by atoms with van der Waals surface area (Å²) in [5, 5.41) is 2.14. The SMILES string of the molecule is CN(C)C(CNS(=O)(=O)c1cnc(Cl)c(Cl)c1)c1cccs1. The lowest BCUT2D eigenvalue weighted by Gasteiger charge is -2.23. The van der Waals surface area contributed by atoms with E-state index in [0.29, 0.717) is 0 Å². The van der Waals surface area contributed by atoms with Crippen LogP contribution >= 0.6 is 34.5 Å². The molecule has 0 aliphatic heterocycles. The minimum Gasteiger partial charge on any atom is -0.300 e. The van der Waals surface area contributed by atoms with Gasteiger partial charge < -0.3 is 4.90 Å². The van der Waals surface area contributed by atoms with Gasteiger partial charge in [0.15, 0.2) is 0 Å². The highest BCUT2D eigenvalue weighted by Gasteiger charge is 2.21. The zero-order valence-electron chi connectivity index (χ0n) is 12.0. The van der Waals surface area contributed by atoms with Crippen molar-refractivity contribution >= 4 is 44.6 Å². The largest absolute Gasteiger partial charge is 0.300 e. The number of nitrogens with zero attached hydrogens (tertiary/aromatic N) is 2. The van der Waals surface area contributed by atoms with Crippen molar-refractivity contribution in [3.8, 4) is 0 Å². The van der Waals surface area contributed by atoms with Crippen molar-refractivity contribution < 1.29 is 8.42 Å². The molecule has 0 amide bonds. The Balaban J connectivity index is 2.16. The van der Waals surface area contributed by atoms with E-state index >= 15 is 0 Å². The summed E-state index contributed by atoms with van der Waals surface area (Å²) in [6.45, 7) is 0.246. The molecule has 0 aliphatic rings. The second-order valence-corrected chi connectivity index (χ2v) is 8.30. The number of nitrogens with one attached hydrogen (secondary N) is 1. The maximum atomic E-state index is 12.3. The van der Waals surface area contributed by atoms with Crippen molar-refractivity contribution in [1.29, 1.82) is 0 Å². The van der Waals surface area contributed by atoms with Crippen LogP contribution in [0.25, 0.3) is 0 Å². The molecule has 0 fully saturated rings. The van der Waals surface area contributed by atoms with E-state index in [2.05, 4.69) is 9.71 Å². The van der Waals surface area contributed by atoms with E-state index in [4.69, 9.17) is 23.2 Å². The minimum absolute atomic E-state index is 0.00872. The molecule has 0 aliphatic carbocycles. The van der Waals surface area contributed by atoms with Gasteiger partial charge in [0.1, 0.15) is 10.0 Å². The van der Waals surface area contributed by atoms with Gasteiger partial charge in [0.05, 0.1) is 11.1 Å². The molecule has 0 saturated heterocycles. The van der Waals surface area contributed by atoms with Crippen molar-refractivity contribution in [2.24, 2.45) is 0 Å². The van der Waals surface area contributed by atoms with E-state index in [0.717, 1.165) is 4.88 Å². The molecule has 0 bridgehead atoms. The van der Waals surface area contributed by atoms with Crippen LogP contribution in [0.15, 0.2) is 34.7 Å². The Kier molecular flexibility index (Phi) is 5.81. The van der Waals surface area contributed by atoms with E-state index in [1.54, 1.807) is 11.3 Å². The molecule has 1 N–H and O–H groups in total.